The smallest absolute Gasteiger partial charge is 0.273 e. The summed E-state index contributed by atoms with van der Waals surface area (Å²) in [5.74, 6) is -0.362. The number of carbonyl (C=O) groups is 2. The molecule has 0 spiro atoms. The number of aromatic nitrogens is 2. The Morgan fingerprint density at radius 3 is 2.85 bits per heavy atom. The number of nitrogens with one attached hydrogen (secondary N) is 1. The maximum Gasteiger partial charge on any atom is 0.273 e. The van der Waals surface area contributed by atoms with Crippen LogP contribution in [0.4, 0.5) is 5.69 Å². The van der Waals surface area contributed by atoms with Crippen molar-refractivity contribution >= 4 is 17.5 Å². The molecule has 0 radical (unpaired) electrons. The van der Waals surface area contributed by atoms with Gasteiger partial charge in [-0.2, -0.15) is 5.10 Å². The highest BCUT2D eigenvalue weighted by molar-refractivity contribution is 6.00. The Labute approximate surface area is 151 Å². The Morgan fingerprint density at radius 1 is 1.27 bits per heavy atom. The van der Waals surface area contributed by atoms with Crippen molar-refractivity contribution in [1.82, 2.24) is 14.7 Å². The Hall–Kier alpha value is -2.67. The molecular weight excluding hydrogens is 332 g/mol. The second kappa shape index (κ2) is 6.25. The molecule has 0 aliphatic carbocycles. The molecule has 0 unspecified atom stereocenters. The minimum Gasteiger partial charge on any atom is -0.369 e. The number of fused-ring (bicyclic) bond motifs is 2. The van der Waals surface area contributed by atoms with Gasteiger partial charge in [-0.3, -0.25) is 14.3 Å². The van der Waals surface area contributed by atoms with Crippen molar-refractivity contribution in [1.29, 1.82) is 0 Å². The van der Waals surface area contributed by atoms with Crippen LogP contribution in [0.1, 0.15) is 47.3 Å². The molecule has 0 fully saturated rings. The molecule has 136 valence electrons. The quantitative estimate of drug-likeness (QED) is 0.850. The third kappa shape index (κ3) is 2.78. The Morgan fingerprint density at radius 2 is 2.04 bits per heavy atom. The molecule has 1 aromatic heterocycles. The number of aryl methyl sites for hydroxylation is 1. The molecule has 2 aliphatic rings. The summed E-state index contributed by atoms with van der Waals surface area (Å²) in [5, 5.41) is 7.38. The zero-order valence-corrected chi connectivity index (χ0v) is 15.2. The number of para-hydroxylation sites is 1. The Balaban J connectivity index is 1.71. The van der Waals surface area contributed by atoms with E-state index in [2.05, 4.69) is 10.4 Å². The van der Waals surface area contributed by atoms with Gasteiger partial charge in [-0.25, -0.2) is 0 Å². The van der Waals surface area contributed by atoms with Gasteiger partial charge >= 0.3 is 0 Å². The molecule has 7 nitrogen and oxygen atoms in total. The third-order valence-corrected chi connectivity index (χ3v) is 4.97. The summed E-state index contributed by atoms with van der Waals surface area (Å²) in [7, 11) is 1.77. The maximum absolute atomic E-state index is 13.3. The fourth-order valence-electron chi connectivity index (χ4n) is 3.83. The highest BCUT2D eigenvalue weighted by Crippen LogP contribution is 2.32. The first-order valence-corrected chi connectivity index (χ1v) is 8.82. The van der Waals surface area contributed by atoms with E-state index in [-0.39, 0.29) is 30.6 Å². The van der Waals surface area contributed by atoms with Gasteiger partial charge in [0.2, 0.25) is 5.91 Å². The first-order chi connectivity index (χ1) is 12.4. The predicted octanol–water partition coefficient (Wildman–Crippen LogP) is 2.04. The van der Waals surface area contributed by atoms with Crippen molar-refractivity contribution in [3.63, 3.8) is 0 Å². The van der Waals surface area contributed by atoms with E-state index in [1.807, 2.05) is 38.1 Å². The number of hydrogen-bond acceptors (Lipinski definition) is 4. The van der Waals surface area contributed by atoms with Crippen LogP contribution in [-0.2, 0) is 29.5 Å². The predicted molar refractivity (Wildman–Crippen MR) is 95.7 cm³/mol. The van der Waals surface area contributed by atoms with Crippen LogP contribution in [-0.4, -0.2) is 39.1 Å². The number of hydrogen-bond donors (Lipinski definition) is 1. The highest BCUT2D eigenvalue weighted by atomic mass is 16.5. The number of ether oxygens (including phenoxy) is 1. The SMILES string of the molecule is C[C@@H]1Cc2c(nn(C)c2C(=O)N2CC(=O)Nc3ccccc3C2)[C@H](C)O1. The zero-order valence-electron chi connectivity index (χ0n) is 15.2. The molecule has 1 aromatic carbocycles. The van der Waals surface area contributed by atoms with Crippen molar-refractivity contribution < 1.29 is 14.3 Å². The number of amides is 2. The van der Waals surface area contributed by atoms with Gasteiger partial charge in [-0.1, -0.05) is 18.2 Å². The van der Waals surface area contributed by atoms with Gasteiger partial charge < -0.3 is 15.0 Å². The highest BCUT2D eigenvalue weighted by Gasteiger charge is 2.34. The largest absolute Gasteiger partial charge is 0.369 e. The van der Waals surface area contributed by atoms with Gasteiger partial charge in [0.1, 0.15) is 12.2 Å². The van der Waals surface area contributed by atoms with Gasteiger partial charge in [-0.15, -0.1) is 0 Å². The number of nitrogens with zero attached hydrogens (tertiary/aromatic N) is 3. The van der Waals surface area contributed by atoms with Crippen molar-refractivity contribution in [2.24, 2.45) is 7.05 Å². The lowest BCUT2D eigenvalue weighted by atomic mass is 9.99. The number of carbonyl (C=O) groups excluding carboxylic acids is 2. The Kier molecular flexibility index (Phi) is 4.03. The molecule has 7 heteroatoms. The molecule has 0 bridgehead atoms. The molecule has 26 heavy (non-hydrogen) atoms. The summed E-state index contributed by atoms with van der Waals surface area (Å²) in [5.41, 5.74) is 3.98. The molecule has 0 saturated carbocycles. The summed E-state index contributed by atoms with van der Waals surface area (Å²) < 4.78 is 7.45. The van der Waals surface area contributed by atoms with Crippen LogP contribution in [0.25, 0.3) is 0 Å². The van der Waals surface area contributed by atoms with Gasteiger partial charge in [0.15, 0.2) is 0 Å². The standard InChI is InChI=1S/C19H22N4O3/c1-11-8-14-17(12(2)26-11)21-22(3)18(14)19(25)23-9-13-6-4-5-7-15(13)20-16(24)10-23/h4-7,11-12H,8-10H2,1-3H3,(H,20,24)/t11-,12+/m1/s1. The van der Waals surface area contributed by atoms with Crippen LogP contribution in [0, 0.1) is 0 Å². The van der Waals surface area contributed by atoms with Gasteiger partial charge in [-0.05, 0) is 25.5 Å². The lowest BCUT2D eigenvalue weighted by Gasteiger charge is -2.26. The van der Waals surface area contributed by atoms with E-state index < -0.39 is 0 Å². The minimum absolute atomic E-state index is 0.0229. The van der Waals surface area contributed by atoms with Gasteiger partial charge in [0.25, 0.3) is 5.91 Å². The van der Waals surface area contributed by atoms with Crippen LogP contribution in [0.15, 0.2) is 24.3 Å². The minimum atomic E-state index is -0.190. The average Bonchev–Trinajstić information content (AvgIpc) is 2.81. The molecule has 2 aromatic rings. The molecular formula is C19H22N4O3. The second-order valence-corrected chi connectivity index (χ2v) is 7.00. The van der Waals surface area contributed by atoms with Crippen molar-refractivity contribution in [2.75, 3.05) is 11.9 Å². The number of rotatable bonds is 1. The van der Waals surface area contributed by atoms with Crippen LogP contribution < -0.4 is 5.32 Å². The van der Waals surface area contributed by atoms with E-state index in [0.29, 0.717) is 18.7 Å². The van der Waals surface area contributed by atoms with E-state index in [0.717, 1.165) is 22.5 Å². The maximum atomic E-state index is 13.3. The number of anilines is 1. The fraction of sp³-hybridized carbons (Fsp3) is 0.421. The fourth-order valence-corrected chi connectivity index (χ4v) is 3.83. The van der Waals surface area contributed by atoms with E-state index in [4.69, 9.17) is 4.74 Å². The zero-order chi connectivity index (χ0) is 18.4. The van der Waals surface area contributed by atoms with Gasteiger partial charge in [0, 0.05) is 31.3 Å². The lowest BCUT2D eigenvalue weighted by molar-refractivity contribution is -0.116. The van der Waals surface area contributed by atoms with Crippen LogP contribution in [0.5, 0.6) is 0 Å². The lowest BCUT2D eigenvalue weighted by Crippen LogP contribution is -2.37. The summed E-state index contributed by atoms with van der Waals surface area (Å²) >= 11 is 0. The van der Waals surface area contributed by atoms with E-state index in [9.17, 15) is 9.59 Å². The first kappa shape index (κ1) is 16.8. The summed E-state index contributed by atoms with van der Waals surface area (Å²) in [6.45, 7) is 4.35. The normalized spacial score (nSPS) is 22.3. The summed E-state index contributed by atoms with van der Waals surface area (Å²) in [4.78, 5) is 27.2. The van der Waals surface area contributed by atoms with Gasteiger partial charge in [0.05, 0.1) is 17.9 Å². The van der Waals surface area contributed by atoms with Crippen molar-refractivity contribution in [2.45, 2.75) is 39.0 Å². The Bertz CT molecular complexity index is 889. The average molecular weight is 354 g/mol. The second-order valence-electron chi connectivity index (χ2n) is 7.00. The van der Waals surface area contributed by atoms with Crippen molar-refractivity contribution in [3.05, 3.63) is 46.8 Å². The van der Waals surface area contributed by atoms with E-state index >= 15 is 0 Å². The topological polar surface area (TPSA) is 76.5 Å². The molecule has 0 saturated heterocycles. The van der Waals surface area contributed by atoms with Crippen LogP contribution in [0.2, 0.25) is 0 Å². The molecule has 1 N–H and O–H groups in total. The molecule has 2 amide bonds. The van der Waals surface area contributed by atoms with Crippen LogP contribution >= 0.6 is 0 Å². The third-order valence-electron chi connectivity index (χ3n) is 4.97. The first-order valence-electron chi connectivity index (χ1n) is 8.82. The number of benzene rings is 1. The summed E-state index contributed by atoms with van der Waals surface area (Å²) in [6, 6.07) is 7.56. The van der Waals surface area contributed by atoms with E-state index in [1.165, 1.54) is 0 Å². The van der Waals surface area contributed by atoms with E-state index in [1.54, 1.807) is 16.6 Å². The van der Waals surface area contributed by atoms with Crippen LogP contribution in [0.3, 0.4) is 0 Å². The molecule has 2 aliphatic heterocycles. The molecule has 4 rings (SSSR count). The molecule has 2 atom stereocenters. The summed E-state index contributed by atoms with van der Waals surface area (Å²) in [6.07, 6.45) is 0.529. The van der Waals surface area contributed by atoms with Crippen molar-refractivity contribution in [3.8, 4) is 0 Å². The monoisotopic (exact) mass is 354 g/mol. The molecule has 3 heterocycles.